The molecule has 0 unspecified atom stereocenters. The molecule has 6 heteroatoms. The molecule has 0 aliphatic rings. The van der Waals surface area contributed by atoms with Gasteiger partial charge in [0.15, 0.2) is 9.84 Å². The van der Waals surface area contributed by atoms with Crippen molar-refractivity contribution in [2.45, 2.75) is 11.3 Å². The lowest BCUT2D eigenvalue weighted by molar-refractivity contribution is -0.153. The van der Waals surface area contributed by atoms with Crippen molar-refractivity contribution in [3.05, 3.63) is 71.3 Å². The van der Waals surface area contributed by atoms with Crippen molar-refractivity contribution >= 4 is 21.8 Å². The van der Waals surface area contributed by atoms with Crippen LogP contribution in [0.3, 0.4) is 0 Å². The molecular formula is C18H19NO4S. The smallest absolute Gasteiger partial charge is 0.269 e. The van der Waals surface area contributed by atoms with Gasteiger partial charge in [0.25, 0.3) is 5.91 Å². The fourth-order valence-electron chi connectivity index (χ4n) is 2.21. The average Bonchev–Trinajstić information content (AvgIpc) is 2.53. The summed E-state index contributed by atoms with van der Waals surface area (Å²) < 4.78 is 23.6. The Balaban J connectivity index is 2.44. The number of hydrogen-bond acceptors (Lipinski definition) is 4. The maximum absolute atomic E-state index is 11.8. The molecule has 1 amide bonds. The minimum atomic E-state index is -3.32. The number of hydrogen-bond donors (Lipinski definition) is 1. The zero-order valence-electron chi connectivity index (χ0n) is 13.5. The highest BCUT2D eigenvalue weighted by molar-refractivity contribution is 7.90. The first kappa shape index (κ1) is 17.9. The number of hydroxylamine groups is 2. The van der Waals surface area contributed by atoms with Gasteiger partial charge in [-0.3, -0.25) is 10.0 Å². The number of sulfone groups is 1. The fraction of sp³-hybridized carbons (Fsp3) is 0.167. The monoisotopic (exact) mass is 345 g/mol. The molecule has 0 aromatic heterocycles. The molecule has 1 N–H and O–H groups in total. The number of benzene rings is 2. The van der Waals surface area contributed by atoms with Crippen LogP contribution in [0.4, 0.5) is 0 Å². The molecule has 2 aromatic carbocycles. The van der Waals surface area contributed by atoms with Gasteiger partial charge in [-0.15, -0.1) is 0 Å². The summed E-state index contributed by atoms with van der Waals surface area (Å²) in [5.74, 6) is -0.562. The van der Waals surface area contributed by atoms with Gasteiger partial charge in [-0.1, -0.05) is 36.4 Å². The predicted octanol–water partition coefficient (Wildman–Crippen LogP) is 2.54. The second-order valence-electron chi connectivity index (χ2n) is 5.49. The van der Waals surface area contributed by atoms with Crippen LogP contribution in [0.2, 0.25) is 0 Å². The molecule has 0 saturated carbocycles. The van der Waals surface area contributed by atoms with Gasteiger partial charge >= 0.3 is 0 Å². The topological polar surface area (TPSA) is 74.7 Å². The van der Waals surface area contributed by atoms with E-state index < -0.39 is 15.7 Å². The van der Waals surface area contributed by atoms with Crippen LogP contribution in [-0.2, 0) is 21.1 Å². The van der Waals surface area contributed by atoms with Gasteiger partial charge in [0.05, 0.1) is 4.90 Å². The van der Waals surface area contributed by atoms with Gasteiger partial charge in [-0.2, -0.15) is 0 Å². The molecule has 0 radical (unpaired) electrons. The summed E-state index contributed by atoms with van der Waals surface area (Å²) in [6.45, 7) is 0. The summed E-state index contributed by atoms with van der Waals surface area (Å²) in [4.78, 5) is 11.7. The molecule has 0 heterocycles. The molecule has 0 bridgehead atoms. The second kappa shape index (κ2) is 7.42. The van der Waals surface area contributed by atoms with Gasteiger partial charge in [0.1, 0.15) is 0 Å². The minimum Gasteiger partial charge on any atom is -0.286 e. The van der Waals surface area contributed by atoms with E-state index >= 15 is 0 Å². The molecule has 2 rings (SSSR count). The van der Waals surface area contributed by atoms with Crippen LogP contribution < -0.4 is 0 Å². The van der Waals surface area contributed by atoms with Crippen LogP contribution in [0.5, 0.6) is 0 Å². The van der Waals surface area contributed by atoms with Gasteiger partial charge in [0, 0.05) is 19.4 Å². The normalized spacial score (nSPS) is 11.6. The number of carbonyl (C=O) groups is 1. The molecule has 0 aliphatic carbocycles. The average molecular weight is 345 g/mol. The van der Waals surface area contributed by atoms with E-state index in [1.807, 2.05) is 30.3 Å². The molecule has 2 aromatic rings. The van der Waals surface area contributed by atoms with Gasteiger partial charge in [-0.05, 0) is 41.3 Å². The third-order valence-electron chi connectivity index (χ3n) is 3.50. The summed E-state index contributed by atoms with van der Waals surface area (Å²) in [6.07, 6.45) is 4.50. The first-order chi connectivity index (χ1) is 11.3. The Labute approximate surface area is 141 Å². The van der Waals surface area contributed by atoms with E-state index in [0.717, 1.165) is 22.9 Å². The van der Waals surface area contributed by atoms with Gasteiger partial charge in [-0.25, -0.2) is 13.5 Å². The highest BCUT2D eigenvalue weighted by Gasteiger charge is 2.11. The van der Waals surface area contributed by atoms with Gasteiger partial charge < -0.3 is 0 Å². The van der Waals surface area contributed by atoms with Crippen LogP contribution in [0.25, 0.3) is 6.08 Å². The second-order valence-corrected chi connectivity index (χ2v) is 7.51. The predicted molar refractivity (Wildman–Crippen MR) is 92.4 cm³/mol. The number of likely N-dealkylation sites (N-methyl/N-ethyl adjacent to an activating group) is 1. The largest absolute Gasteiger partial charge is 0.286 e. The van der Waals surface area contributed by atoms with E-state index in [0.29, 0.717) is 11.5 Å². The van der Waals surface area contributed by atoms with E-state index in [-0.39, 0.29) is 4.90 Å². The quantitative estimate of drug-likeness (QED) is 0.513. The lowest BCUT2D eigenvalue weighted by Gasteiger charge is -2.10. The van der Waals surface area contributed by atoms with E-state index in [1.165, 1.54) is 19.2 Å². The zero-order valence-corrected chi connectivity index (χ0v) is 14.3. The number of amides is 1. The van der Waals surface area contributed by atoms with E-state index in [4.69, 9.17) is 5.21 Å². The van der Waals surface area contributed by atoms with Crippen LogP contribution in [0.15, 0.2) is 59.5 Å². The van der Waals surface area contributed by atoms with Crippen LogP contribution in [0.1, 0.15) is 16.7 Å². The Morgan fingerprint density at radius 1 is 1.17 bits per heavy atom. The molecular weight excluding hydrogens is 326 g/mol. The summed E-state index contributed by atoms with van der Waals surface area (Å²) in [5, 5.41) is 9.59. The van der Waals surface area contributed by atoms with Crippen LogP contribution in [0, 0.1) is 0 Å². The molecule has 5 nitrogen and oxygen atoms in total. The first-order valence-electron chi connectivity index (χ1n) is 7.29. The van der Waals surface area contributed by atoms with Crippen molar-refractivity contribution in [1.82, 2.24) is 5.06 Å². The summed E-state index contributed by atoms with van der Waals surface area (Å²) in [7, 11) is -2.08. The summed E-state index contributed by atoms with van der Waals surface area (Å²) >= 11 is 0. The fourth-order valence-corrected chi connectivity index (χ4v) is 2.88. The summed E-state index contributed by atoms with van der Waals surface area (Å²) in [5.41, 5.74) is 2.54. The molecule has 0 saturated heterocycles. The van der Waals surface area contributed by atoms with Gasteiger partial charge in [0.2, 0.25) is 0 Å². The maximum Gasteiger partial charge on any atom is 0.269 e. The first-order valence-corrected chi connectivity index (χ1v) is 9.18. The van der Waals surface area contributed by atoms with E-state index in [2.05, 4.69) is 0 Å². The van der Waals surface area contributed by atoms with Crippen molar-refractivity contribution in [3.63, 3.8) is 0 Å². The van der Waals surface area contributed by atoms with Crippen molar-refractivity contribution in [2.75, 3.05) is 13.3 Å². The molecule has 126 valence electrons. The molecule has 24 heavy (non-hydrogen) atoms. The minimum absolute atomic E-state index is 0.233. The Bertz CT molecular complexity index is 856. The van der Waals surface area contributed by atoms with E-state index in [9.17, 15) is 13.2 Å². The standard InChI is InChI=1S/C18H19NO4S/c1-19(21)18(20)11-9-15-8-10-17(24(2,22)23)13-16(15)12-14-6-4-3-5-7-14/h3-11,13,21H,12H2,1-2H3. The van der Waals surface area contributed by atoms with Crippen molar-refractivity contribution in [3.8, 4) is 0 Å². The third kappa shape index (κ3) is 4.78. The Hall–Kier alpha value is -2.44. The van der Waals surface area contributed by atoms with Crippen molar-refractivity contribution < 1.29 is 18.4 Å². The Morgan fingerprint density at radius 3 is 2.42 bits per heavy atom. The lowest BCUT2D eigenvalue weighted by atomic mass is 9.99. The Morgan fingerprint density at radius 2 is 1.83 bits per heavy atom. The third-order valence-corrected chi connectivity index (χ3v) is 4.61. The highest BCUT2D eigenvalue weighted by atomic mass is 32.2. The molecule has 0 atom stereocenters. The Kier molecular flexibility index (Phi) is 5.54. The van der Waals surface area contributed by atoms with Crippen molar-refractivity contribution in [1.29, 1.82) is 0 Å². The lowest BCUT2D eigenvalue weighted by Crippen LogP contribution is -2.19. The van der Waals surface area contributed by atoms with Crippen LogP contribution in [-0.4, -0.2) is 37.9 Å². The SMILES string of the molecule is CN(O)C(=O)C=Cc1ccc(S(C)(=O)=O)cc1Cc1ccccc1. The highest BCUT2D eigenvalue weighted by Crippen LogP contribution is 2.21. The number of rotatable bonds is 5. The van der Waals surface area contributed by atoms with Crippen molar-refractivity contribution in [2.24, 2.45) is 0 Å². The molecule has 0 fully saturated rings. The molecule has 0 aliphatic heterocycles. The maximum atomic E-state index is 11.8. The van der Waals surface area contributed by atoms with Crippen LogP contribution >= 0.6 is 0 Å². The molecule has 0 spiro atoms. The van der Waals surface area contributed by atoms with E-state index in [1.54, 1.807) is 18.2 Å². The number of nitrogens with zero attached hydrogens (tertiary/aromatic N) is 1. The summed E-state index contributed by atoms with van der Waals surface area (Å²) in [6, 6.07) is 14.4. The number of carbonyl (C=O) groups excluding carboxylic acids is 1. The zero-order chi connectivity index (χ0) is 17.7.